The van der Waals surface area contributed by atoms with Crippen LogP contribution >= 0.6 is 11.6 Å². The maximum absolute atomic E-state index is 6.16. The van der Waals surface area contributed by atoms with E-state index in [1.165, 1.54) is 0 Å². The Morgan fingerprint density at radius 3 is 2.94 bits per heavy atom. The molecule has 0 aliphatic rings. The maximum atomic E-state index is 6.16. The summed E-state index contributed by atoms with van der Waals surface area (Å²) in [5.41, 5.74) is 2.02. The fourth-order valence-corrected chi connectivity index (χ4v) is 2.07. The van der Waals surface area contributed by atoms with Crippen molar-refractivity contribution in [1.29, 1.82) is 0 Å². The van der Waals surface area contributed by atoms with Crippen molar-refractivity contribution in [1.82, 2.24) is 19.9 Å². The van der Waals surface area contributed by atoms with Crippen molar-refractivity contribution in [2.24, 2.45) is 7.05 Å². The second-order valence-corrected chi connectivity index (χ2v) is 4.19. The molecule has 2 heterocycles. The van der Waals surface area contributed by atoms with E-state index >= 15 is 0 Å². The Hall–Kier alpha value is -1.39. The number of rotatable bonds is 4. The van der Waals surface area contributed by atoms with Crippen molar-refractivity contribution in [3.05, 3.63) is 35.4 Å². The van der Waals surface area contributed by atoms with Gasteiger partial charge in [0, 0.05) is 38.0 Å². The van der Waals surface area contributed by atoms with E-state index in [0.29, 0.717) is 5.15 Å². The highest BCUT2D eigenvalue weighted by atomic mass is 35.5. The zero-order valence-corrected chi connectivity index (χ0v) is 10.7. The number of aromatic nitrogens is 3. The fraction of sp³-hybridized carbons (Fsp3) is 0.333. The summed E-state index contributed by atoms with van der Waals surface area (Å²) in [6.07, 6.45) is 4.40. The Morgan fingerprint density at radius 1 is 1.47 bits per heavy atom. The molecule has 0 aliphatic carbocycles. The molecule has 1 N–H and O–H groups in total. The van der Waals surface area contributed by atoms with E-state index in [1.807, 2.05) is 30.8 Å². The van der Waals surface area contributed by atoms with E-state index in [4.69, 9.17) is 11.6 Å². The third kappa shape index (κ3) is 2.48. The summed E-state index contributed by atoms with van der Waals surface area (Å²) in [5, 5.41) is 3.68. The lowest BCUT2D eigenvalue weighted by Gasteiger charge is -2.05. The number of pyridine rings is 1. The molecule has 0 fully saturated rings. The zero-order valence-electron chi connectivity index (χ0n) is 9.94. The van der Waals surface area contributed by atoms with E-state index in [-0.39, 0.29) is 0 Å². The molecule has 2 rings (SSSR count). The van der Waals surface area contributed by atoms with Crippen molar-refractivity contribution in [3.63, 3.8) is 0 Å². The maximum Gasteiger partial charge on any atom is 0.151 e. The Balaban J connectivity index is 2.37. The molecule has 0 spiro atoms. The molecule has 17 heavy (non-hydrogen) atoms. The summed E-state index contributed by atoms with van der Waals surface area (Å²) in [5.74, 6) is 0.856. The molecule has 0 unspecified atom stereocenters. The first-order valence-electron chi connectivity index (χ1n) is 5.50. The Bertz CT molecular complexity index is 493. The number of hydrogen-bond acceptors (Lipinski definition) is 3. The number of halogens is 1. The van der Waals surface area contributed by atoms with Gasteiger partial charge < -0.3 is 9.88 Å². The van der Waals surface area contributed by atoms with Crippen molar-refractivity contribution in [3.8, 4) is 11.4 Å². The van der Waals surface area contributed by atoms with E-state index < -0.39 is 0 Å². The fourth-order valence-electron chi connectivity index (χ4n) is 1.77. The molecule has 4 nitrogen and oxygen atoms in total. The molecule has 0 atom stereocenters. The lowest BCUT2D eigenvalue weighted by atomic mass is 10.2. The molecule has 0 saturated carbocycles. The number of imidazole rings is 1. The molecule has 0 amide bonds. The minimum Gasteiger partial charge on any atom is -0.330 e. The minimum absolute atomic E-state index is 0.571. The lowest BCUT2D eigenvalue weighted by molar-refractivity contribution is 0.740. The van der Waals surface area contributed by atoms with Gasteiger partial charge in [-0.3, -0.25) is 4.98 Å². The average Bonchev–Trinajstić information content (AvgIpc) is 2.64. The molecule has 0 bridgehead atoms. The van der Waals surface area contributed by atoms with Crippen LogP contribution in [0.3, 0.4) is 0 Å². The quantitative estimate of drug-likeness (QED) is 0.901. The van der Waals surface area contributed by atoms with Gasteiger partial charge in [0.1, 0.15) is 5.82 Å². The number of nitrogens with zero attached hydrogens (tertiary/aromatic N) is 3. The first kappa shape index (κ1) is 12.1. The van der Waals surface area contributed by atoms with Crippen LogP contribution in [0.4, 0.5) is 0 Å². The minimum atomic E-state index is 0.571. The smallest absolute Gasteiger partial charge is 0.151 e. The molecule has 5 heteroatoms. The third-order valence-electron chi connectivity index (χ3n) is 2.70. The molecule has 0 aromatic carbocycles. The summed E-state index contributed by atoms with van der Waals surface area (Å²) >= 11 is 6.16. The summed E-state index contributed by atoms with van der Waals surface area (Å²) < 4.78 is 2.02. The second kappa shape index (κ2) is 5.29. The van der Waals surface area contributed by atoms with Crippen LogP contribution in [0.25, 0.3) is 11.4 Å². The molecule has 2 aromatic heterocycles. The summed E-state index contributed by atoms with van der Waals surface area (Å²) in [4.78, 5) is 8.49. The normalized spacial score (nSPS) is 10.8. The largest absolute Gasteiger partial charge is 0.330 e. The monoisotopic (exact) mass is 250 g/mol. The molecule has 2 aromatic rings. The van der Waals surface area contributed by atoms with Crippen LogP contribution in [0.2, 0.25) is 5.15 Å². The number of likely N-dealkylation sites (N-methyl/N-ethyl adjacent to an activating group) is 1. The van der Waals surface area contributed by atoms with Crippen LogP contribution in [0.1, 0.15) is 5.69 Å². The van der Waals surface area contributed by atoms with Crippen molar-refractivity contribution >= 4 is 11.6 Å². The van der Waals surface area contributed by atoms with E-state index in [9.17, 15) is 0 Å². The standard InChI is InChI=1S/C12H15ClN4/c1-14-7-5-10-11(13)16-12(17(10)2)9-4-3-6-15-8-9/h3-4,6,8,14H,5,7H2,1-2H3. The molecule has 0 radical (unpaired) electrons. The predicted molar refractivity (Wildman–Crippen MR) is 69.1 cm³/mol. The number of nitrogens with one attached hydrogen (secondary N) is 1. The van der Waals surface area contributed by atoms with Gasteiger partial charge in [0.05, 0.1) is 5.69 Å². The van der Waals surface area contributed by atoms with Gasteiger partial charge in [-0.1, -0.05) is 11.6 Å². The third-order valence-corrected chi connectivity index (χ3v) is 3.00. The molecular formula is C12H15ClN4. The van der Waals surface area contributed by atoms with Crippen molar-refractivity contribution < 1.29 is 0 Å². The van der Waals surface area contributed by atoms with Crippen molar-refractivity contribution in [2.75, 3.05) is 13.6 Å². The molecule has 90 valence electrons. The van der Waals surface area contributed by atoms with Crippen LogP contribution in [0.5, 0.6) is 0 Å². The average molecular weight is 251 g/mol. The highest BCUT2D eigenvalue weighted by Gasteiger charge is 2.13. The Kier molecular flexibility index (Phi) is 3.76. The predicted octanol–water partition coefficient (Wildman–Crippen LogP) is 1.90. The Morgan fingerprint density at radius 2 is 2.29 bits per heavy atom. The van der Waals surface area contributed by atoms with E-state index in [1.54, 1.807) is 12.4 Å². The first-order chi connectivity index (χ1) is 8.24. The van der Waals surface area contributed by atoms with E-state index in [0.717, 1.165) is 30.0 Å². The van der Waals surface area contributed by atoms with Crippen LogP contribution < -0.4 is 5.32 Å². The lowest BCUT2D eigenvalue weighted by Crippen LogP contribution is -2.12. The van der Waals surface area contributed by atoms with Gasteiger partial charge in [-0.15, -0.1) is 0 Å². The van der Waals surface area contributed by atoms with Gasteiger partial charge in [0.15, 0.2) is 5.15 Å². The zero-order chi connectivity index (χ0) is 12.3. The van der Waals surface area contributed by atoms with E-state index in [2.05, 4.69) is 15.3 Å². The number of hydrogen-bond donors (Lipinski definition) is 1. The van der Waals surface area contributed by atoms with Crippen LogP contribution in [0.15, 0.2) is 24.5 Å². The van der Waals surface area contributed by atoms with Crippen LogP contribution in [0, 0.1) is 0 Å². The first-order valence-corrected chi connectivity index (χ1v) is 5.88. The second-order valence-electron chi connectivity index (χ2n) is 3.83. The summed E-state index contributed by atoms with van der Waals surface area (Å²) in [6.45, 7) is 0.881. The highest BCUT2D eigenvalue weighted by molar-refractivity contribution is 6.30. The molecule has 0 saturated heterocycles. The SMILES string of the molecule is CNCCc1c(Cl)nc(-c2cccnc2)n1C. The highest BCUT2D eigenvalue weighted by Crippen LogP contribution is 2.23. The van der Waals surface area contributed by atoms with Gasteiger partial charge in [0.25, 0.3) is 0 Å². The Labute approximate surface area is 106 Å². The van der Waals surface area contributed by atoms with Gasteiger partial charge in [0.2, 0.25) is 0 Å². The van der Waals surface area contributed by atoms with Gasteiger partial charge in [-0.25, -0.2) is 4.98 Å². The van der Waals surface area contributed by atoms with Gasteiger partial charge >= 0.3 is 0 Å². The van der Waals surface area contributed by atoms with Gasteiger partial charge in [-0.05, 0) is 19.2 Å². The summed E-state index contributed by atoms with van der Waals surface area (Å²) in [7, 11) is 3.90. The van der Waals surface area contributed by atoms with Crippen LogP contribution in [-0.2, 0) is 13.5 Å². The van der Waals surface area contributed by atoms with Crippen LogP contribution in [-0.4, -0.2) is 28.1 Å². The van der Waals surface area contributed by atoms with Crippen molar-refractivity contribution in [2.45, 2.75) is 6.42 Å². The molecular weight excluding hydrogens is 236 g/mol. The topological polar surface area (TPSA) is 42.7 Å². The molecule has 0 aliphatic heterocycles. The van der Waals surface area contributed by atoms with Gasteiger partial charge in [-0.2, -0.15) is 0 Å². The summed E-state index contributed by atoms with van der Waals surface area (Å²) in [6, 6.07) is 3.87.